The van der Waals surface area contributed by atoms with Crippen LogP contribution < -0.4 is 15.4 Å². The first-order valence-electron chi connectivity index (χ1n) is 10.9. The largest absolute Gasteiger partial charge is 0.490 e. The van der Waals surface area contributed by atoms with Crippen LogP contribution in [0.25, 0.3) is 0 Å². The number of rotatable bonds is 4. The van der Waals surface area contributed by atoms with Crippen LogP contribution in [0.1, 0.15) is 38.2 Å². The molecule has 2 N–H and O–H groups in total. The maximum Gasteiger partial charge on any atom is 0.314 e. The fraction of sp³-hybridized carbons (Fsp3) is 0.435. The zero-order valence-corrected chi connectivity index (χ0v) is 19.6. The van der Waals surface area contributed by atoms with Crippen molar-refractivity contribution >= 4 is 27.5 Å². The summed E-state index contributed by atoms with van der Waals surface area (Å²) in [7, 11) is -4.21. The number of sulfone groups is 1. The molecule has 0 radical (unpaired) electrons. The molecule has 2 aromatic rings. The number of nitrogens with one attached hydrogen (secondary N) is 2. The molecule has 0 spiro atoms. The molecule has 0 saturated heterocycles. The Morgan fingerprint density at radius 2 is 1.82 bits per heavy atom. The number of carbonyl (C=O) groups is 1. The molecule has 2 amide bonds. The summed E-state index contributed by atoms with van der Waals surface area (Å²) >= 11 is 5.96. The zero-order chi connectivity index (χ0) is 23.8. The van der Waals surface area contributed by atoms with Crippen LogP contribution in [0.2, 0.25) is 5.02 Å². The summed E-state index contributed by atoms with van der Waals surface area (Å²) in [5.41, 5.74) is -0.271. The number of fused-ring (bicyclic) bond motifs is 3. The van der Waals surface area contributed by atoms with Crippen molar-refractivity contribution in [3.05, 3.63) is 58.6 Å². The minimum atomic E-state index is -4.21. The van der Waals surface area contributed by atoms with Crippen LogP contribution in [-0.4, -0.2) is 33.6 Å². The molecule has 1 saturated carbocycles. The molecule has 10 heteroatoms. The van der Waals surface area contributed by atoms with Gasteiger partial charge in [0.2, 0.25) is 0 Å². The third kappa shape index (κ3) is 4.05. The smallest absolute Gasteiger partial charge is 0.314 e. The number of ether oxygens (including phenoxy) is 1. The highest BCUT2D eigenvalue weighted by Gasteiger charge is 2.58. The molecule has 2 aliphatic rings. The molecular weight excluding hydrogens is 474 g/mol. The Kier molecular flexibility index (Phi) is 6.55. The lowest BCUT2D eigenvalue weighted by Crippen LogP contribution is -2.48. The van der Waals surface area contributed by atoms with E-state index < -0.39 is 32.1 Å². The van der Waals surface area contributed by atoms with E-state index in [1.165, 1.54) is 24.3 Å². The van der Waals surface area contributed by atoms with Crippen molar-refractivity contribution in [3.8, 4) is 5.75 Å². The lowest BCUT2D eigenvalue weighted by molar-refractivity contribution is 0.153. The van der Waals surface area contributed by atoms with E-state index >= 15 is 4.39 Å². The molecule has 33 heavy (non-hydrogen) atoms. The van der Waals surface area contributed by atoms with E-state index in [-0.39, 0.29) is 47.7 Å². The molecule has 1 unspecified atom stereocenters. The van der Waals surface area contributed by atoms with Crippen molar-refractivity contribution in [1.29, 1.82) is 0 Å². The summed E-state index contributed by atoms with van der Waals surface area (Å²) in [5, 5.41) is 5.89. The number of carbonyl (C=O) groups excluding carboxylic acids is 1. The molecule has 1 fully saturated rings. The van der Waals surface area contributed by atoms with Crippen molar-refractivity contribution in [2.75, 3.05) is 13.2 Å². The molecule has 0 aromatic heterocycles. The van der Waals surface area contributed by atoms with E-state index in [1.54, 1.807) is 6.92 Å². The third-order valence-electron chi connectivity index (χ3n) is 6.57. The number of hydrogen-bond donors (Lipinski definition) is 2. The first-order chi connectivity index (χ1) is 15.7. The molecule has 6 nitrogen and oxygen atoms in total. The minimum absolute atomic E-state index is 0.00354. The van der Waals surface area contributed by atoms with Gasteiger partial charge in [0, 0.05) is 23.5 Å². The van der Waals surface area contributed by atoms with E-state index in [1.807, 2.05) is 0 Å². The average Bonchev–Trinajstić information content (AvgIpc) is 2.97. The minimum Gasteiger partial charge on any atom is -0.490 e. The number of benzene rings is 2. The van der Waals surface area contributed by atoms with Gasteiger partial charge in [-0.15, -0.1) is 0 Å². The van der Waals surface area contributed by atoms with Crippen LogP contribution in [0, 0.1) is 17.6 Å². The van der Waals surface area contributed by atoms with Gasteiger partial charge in [0.15, 0.2) is 21.4 Å². The van der Waals surface area contributed by atoms with Crippen LogP contribution in [-0.2, 0) is 14.6 Å². The summed E-state index contributed by atoms with van der Waals surface area (Å²) in [6.07, 6.45) is 1.10. The van der Waals surface area contributed by atoms with Gasteiger partial charge in [0.1, 0.15) is 10.6 Å². The normalized spacial score (nSPS) is 24.6. The molecular formula is C23H25ClF2N2O4S. The molecule has 178 valence electrons. The van der Waals surface area contributed by atoms with Gasteiger partial charge in [-0.25, -0.2) is 22.0 Å². The van der Waals surface area contributed by atoms with Crippen molar-refractivity contribution in [2.24, 2.45) is 5.92 Å². The first-order valence-corrected chi connectivity index (χ1v) is 12.7. The fourth-order valence-corrected chi connectivity index (χ4v) is 7.54. The Labute approximate surface area is 196 Å². The second-order valence-corrected chi connectivity index (χ2v) is 11.0. The van der Waals surface area contributed by atoms with Gasteiger partial charge in [0.05, 0.1) is 17.1 Å². The van der Waals surface area contributed by atoms with Gasteiger partial charge >= 0.3 is 6.03 Å². The molecule has 2 aromatic carbocycles. The number of amides is 2. The van der Waals surface area contributed by atoms with Crippen LogP contribution in [0.3, 0.4) is 0 Å². The van der Waals surface area contributed by atoms with Crippen molar-refractivity contribution in [1.82, 2.24) is 10.6 Å². The Balaban J connectivity index is 1.87. The predicted molar refractivity (Wildman–Crippen MR) is 120 cm³/mol. The maximum absolute atomic E-state index is 15.3. The SMILES string of the molecule is CCNC(=O)N[C@@H]1CCC2COc3c(F)ccc(F)c3[C@@]2(S(=O)(=O)c2ccc(Cl)cc2)CC1. The average molecular weight is 499 g/mol. The lowest BCUT2D eigenvalue weighted by Gasteiger charge is -2.43. The van der Waals surface area contributed by atoms with Crippen molar-refractivity contribution in [2.45, 2.75) is 48.3 Å². The van der Waals surface area contributed by atoms with Gasteiger partial charge in [-0.3, -0.25) is 0 Å². The van der Waals surface area contributed by atoms with E-state index in [0.29, 0.717) is 24.4 Å². The van der Waals surface area contributed by atoms with Gasteiger partial charge < -0.3 is 15.4 Å². The van der Waals surface area contributed by atoms with Crippen molar-refractivity contribution < 1.29 is 26.7 Å². The van der Waals surface area contributed by atoms with Gasteiger partial charge in [-0.1, -0.05) is 11.6 Å². The molecule has 1 heterocycles. The van der Waals surface area contributed by atoms with E-state index in [2.05, 4.69) is 10.6 Å². The Morgan fingerprint density at radius 3 is 2.52 bits per heavy atom. The Bertz CT molecular complexity index is 1160. The highest BCUT2D eigenvalue weighted by Crippen LogP contribution is 2.55. The Hall–Kier alpha value is -2.39. The summed E-state index contributed by atoms with van der Waals surface area (Å²) < 4.78 is 62.2. The zero-order valence-electron chi connectivity index (χ0n) is 18.0. The predicted octanol–water partition coefficient (Wildman–Crippen LogP) is 4.56. The summed E-state index contributed by atoms with van der Waals surface area (Å²) in [6, 6.07) is 6.88. The highest BCUT2D eigenvalue weighted by atomic mass is 35.5. The van der Waals surface area contributed by atoms with Gasteiger partial charge in [-0.2, -0.15) is 0 Å². The molecule has 4 rings (SSSR count). The number of halogens is 3. The van der Waals surface area contributed by atoms with Crippen molar-refractivity contribution in [3.63, 3.8) is 0 Å². The summed E-state index contributed by atoms with van der Waals surface area (Å²) in [4.78, 5) is 12.1. The first kappa shape index (κ1) is 23.8. The fourth-order valence-electron chi connectivity index (χ4n) is 5.03. The maximum atomic E-state index is 15.3. The second-order valence-electron chi connectivity index (χ2n) is 8.40. The molecule has 3 atom stereocenters. The topological polar surface area (TPSA) is 84.5 Å². The van der Waals surface area contributed by atoms with Gasteiger partial charge in [-0.05, 0) is 69.0 Å². The number of hydrogen-bond acceptors (Lipinski definition) is 4. The van der Waals surface area contributed by atoms with Crippen LogP contribution >= 0.6 is 11.6 Å². The van der Waals surface area contributed by atoms with Crippen LogP contribution in [0.15, 0.2) is 41.3 Å². The molecule has 1 aliphatic carbocycles. The summed E-state index contributed by atoms with van der Waals surface area (Å²) in [5.74, 6) is -2.64. The van der Waals surface area contributed by atoms with E-state index in [9.17, 15) is 17.6 Å². The number of urea groups is 1. The monoisotopic (exact) mass is 498 g/mol. The van der Waals surface area contributed by atoms with E-state index in [0.717, 1.165) is 12.1 Å². The van der Waals surface area contributed by atoms with E-state index in [4.69, 9.17) is 16.3 Å². The van der Waals surface area contributed by atoms with Crippen LogP contribution in [0.5, 0.6) is 5.75 Å². The highest BCUT2D eigenvalue weighted by molar-refractivity contribution is 7.92. The Morgan fingerprint density at radius 1 is 1.12 bits per heavy atom. The lowest BCUT2D eigenvalue weighted by atomic mass is 9.79. The summed E-state index contributed by atoms with van der Waals surface area (Å²) in [6.45, 7) is 2.16. The quantitative estimate of drug-likeness (QED) is 0.647. The molecule has 1 aliphatic heterocycles. The standard InChI is InChI=1S/C23H25ClF2N2O4S/c1-2-27-22(29)28-16-6-3-14-13-32-21-19(26)10-9-18(25)20(21)23(14,12-11-16)33(30,31)17-7-4-15(24)5-8-17/h4-5,7-10,14,16H,2-3,6,11-13H2,1H3,(H2,27,28,29)/t14?,16-,23-/m1/s1. The second kappa shape index (κ2) is 9.10. The third-order valence-corrected chi connectivity index (χ3v) is 9.42. The van der Waals surface area contributed by atoms with Gasteiger partial charge in [0.25, 0.3) is 0 Å². The van der Waals surface area contributed by atoms with Crippen LogP contribution in [0.4, 0.5) is 13.6 Å². The molecule has 0 bridgehead atoms.